The number of halogens is 1. The molecule has 0 bridgehead atoms. The van der Waals surface area contributed by atoms with E-state index in [1.165, 1.54) is 4.90 Å². The number of benzene rings is 1. The predicted molar refractivity (Wildman–Crippen MR) is 79.5 cm³/mol. The largest absolute Gasteiger partial charge is 0.506 e. The molecule has 1 amide bonds. The Morgan fingerprint density at radius 1 is 1.40 bits per heavy atom. The average Bonchev–Trinajstić information content (AvgIpc) is 2.32. The quantitative estimate of drug-likeness (QED) is 0.880. The van der Waals surface area contributed by atoms with Crippen LogP contribution in [0.25, 0.3) is 0 Å². The van der Waals surface area contributed by atoms with Gasteiger partial charge in [0.1, 0.15) is 11.4 Å². The molecule has 0 aliphatic rings. The van der Waals surface area contributed by atoms with Gasteiger partial charge in [-0.25, -0.2) is 4.79 Å². The first-order valence-corrected chi connectivity index (χ1v) is 7.09. The summed E-state index contributed by atoms with van der Waals surface area (Å²) in [6, 6.07) is 5.20. The van der Waals surface area contributed by atoms with Crippen LogP contribution < -0.4 is 0 Å². The Balaban J connectivity index is 2.87. The van der Waals surface area contributed by atoms with Crippen LogP contribution in [-0.4, -0.2) is 40.0 Å². The number of hydrogen-bond donors (Lipinski definition) is 2. The molecule has 112 valence electrons. The zero-order valence-corrected chi connectivity index (χ0v) is 13.5. The molecule has 20 heavy (non-hydrogen) atoms. The molecule has 0 spiro atoms. The third-order valence-electron chi connectivity index (χ3n) is 2.45. The van der Waals surface area contributed by atoms with E-state index < -0.39 is 11.7 Å². The van der Waals surface area contributed by atoms with Gasteiger partial charge in [0, 0.05) is 12.1 Å². The summed E-state index contributed by atoms with van der Waals surface area (Å²) in [6.45, 7) is 5.46. The fourth-order valence-electron chi connectivity index (χ4n) is 1.58. The Bertz CT molecular complexity index is 471. The van der Waals surface area contributed by atoms with Gasteiger partial charge in [-0.05, 0) is 42.8 Å². The zero-order chi connectivity index (χ0) is 15.3. The molecule has 2 N–H and O–H groups in total. The molecule has 1 aromatic carbocycles. The smallest absolute Gasteiger partial charge is 0.410 e. The van der Waals surface area contributed by atoms with Crippen LogP contribution >= 0.6 is 15.9 Å². The second-order valence-electron chi connectivity index (χ2n) is 5.37. The highest BCUT2D eigenvalue weighted by Gasteiger charge is 2.22. The number of aliphatic hydroxyl groups is 1. The van der Waals surface area contributed by atoms with Gasteiger partial charge in [0.25, 0.3) is 0 Å². The van der Waals surface area contributed by atoms with Crippen molar-refractivity contribution in [2.24, 2.45) is 0 Å². The highest BCUT2D eigenvalue weighted by atomic mass is 79.9. The molecule has 0 saturated carbocycles. The van der Waals surface area contributed by atoms with Gasteiger partial charge in [0.15, 0.2) is 0 Å². The van der Waals surface area contributed by atoms with Crippen LogP contribution in [0.3, 0.4) is 0 Å². The average molecular weight is 346 g/mol. The summed E-state index contributed by atoms with van der Waals surface area (Å²) in [7, 11) is 0. The van der Waals surface area contributed by atoms with Gasteiger partial charge in [0.2, 0.25) is 0 Å². The molecule has 5 nitrogen and oxygen atoms in total. The number of carbonyl (C=O) groups excluding carboxylic acids is 1. The summed E-state index contributed by atoms with van der Waals surface area (Å²) < 4.78 is 5.84. The molecule has 0 fully saturated rings. The number of carbonyl (C=O) groups is 1. The number of phenols is 1. The van der Waals surface area contributed by atoms with Crippen molar-refractivity contribution >= 4 is 22.0 Å². The van der Waals surface area contributed by atoms with Crippen molar-refractivity contribution in [3.05, 3.63) is 28.2 Å². The Labute approximate surface area is 127 Å². The van der Waals surface area contributed by atoms with Gasteiger partial charge in [-0.3, -0.25) is 0 Å². The van der Waals surface area contributed by atoms with Crippen molar-refractivity contribution in [3.8, 4) is 5.75 Å². The van der Waals surface area contributed by atoms with Crippen LogP contribution in [0.4, 0.5) is 4.79 Å². The highest BCUT2D eigenvalue weighted by molar-refractivity contribution is 9.10. The molecule has 0 atom stereocenters. The topological polar surface area (TPSA) is 70.0 Å². The summed E-state index contributed by atoms with van der Waals surface area (Å²) in [4.78, 5) is 13.4. The van der Waals surface area contributed by atoms with Crippen molar-refractivity contribution in [2.45, 2.75) is 32.9 Å². The summed E-state index contributed by atoms with van der Waals surface area (Å²) in [5.41, 5.74) is -0.0249. The summed E-state index contributed by atoms with van der Waals surface area (Å²) in [5, 5.41) is 19.0. The number of amides is 1. The second kappa shape index (κ2) is 6.95. The Morgan fingerprint density at radius 3 is 2.60 bits per heavy atom. The third kappa shape index (κ3) is 5.02. The molecule has 0 saturated heterocycles. The monoisotopic (exact) mass is 345 g/mol. The molecular formula is C14H20BrNO4. The lowest BCUT2D eigenvalue weighted by Gasteiger charge is -2.27. The Kier molecular flexibility index (Phi) is 5.83. The maximum absolute atomic E-state index is 12.0. The maximum atomic E-state index is 12.0. The minimum atomic E-state index is -0.607. The van der Waals surface area contributed by atoms with E-state index >= 15 is 0 Å². The van der Waals surface area contributed by atoms with E-state index in [0.717, 1.165) is 0 Å². The highest BCUT2D eigenvalue weighted by Crippen LogP contribution is 2.28. The number of rotatable bonds is 4. The van der Waals surface area contributed by atoms with Gasteiger partial charge in [-0.1, -0.05) is 12.1 Å². The van der Waals surface area contributed by atoms with E-state index in [1.54, 1.807) is 39.0 Å². The number of para-hydroxylation sites is 1. The van der Waals surface area contributed by atoms with Gasteiger partial charge in [0.05, 0.1) is 17.6 Å². The Morgan fingerprint density at radius 2 is 2.05 bits per heavy atom. The number of nitrogens with zero attached hydrogens (tertiary/aromatic N) is 1. The second-order valence-corrected chi connectivity index (χ2v) is 6.23. The Hall–Kier alpha value is -1.27. The first kappa shape index (κ1) is 16.8. The normalized spacial score (nSPS) is 11.2. The van der Waals surface area contributed by atoms with Crippen LogP contribution in [0.1, 0.15) is 26.3 Å². The van der Waals surface area contributed by atoms with Gasteiger partial charge in [-0.15, -0.1) is 0 Å². The standard InChI is InChI=1S/C14H20BrNO4/c1-14(2,3)20-13(19)16(7-8-17)9-10-5-4-6-11(15)12(10)18/h4-6,17-18H,7-9H2,1-3H3. The van der Waals surface area contributed by atoms with Crippen molar-refractivity contribution in [3.63, 3.8) is 0 Å². The number of ether oxygens (including phenoxy) is 1. The van der Waals surface area contributed by atoms with Crippen LogP contribution in [0, 0.1) is 0 Å². The minimum Gasteiger partial charge on any atom is -0.506 e. The lowest BCUT2D eigenvalue weighted by molar-refractivity contribution is 0.0200. The number of aliphatic hydroxyl groups excluding tert-OH is 1. The number of phenolic OH excluding ortho intramolecular Hbond substituents is 1. The lowest BCUT2D eigenvalue weighted by atomic mass is 10.2. The van der Waals surface area contributed by atoms with E-state index in [1.807, 2.05) is 0 Å². The van der Waals surface area contributed by atoms with E-state index in [-0.39, 0.29) is 25.4 Å². The number of hydrogen-bond acceptors (Lipinski definition) is 4. The first-order chi connectivity index (χ1) is 9.24. The minimum absolute atomic E-state index is 0.0824. The summed E-state index contributed by atoms with van der Waals surface area (Å²) in [5.74, 6) is 0.0824. The van der Waals surface area contributed by atoms with Crippen LogP contribution in [0.2, 0.25) is 0 Å². The van der Waals surface area contributed by atoms with E-state index in [4.69, 9.17) is 9.84 Å². The molecule has 6 heteroatoms. The summed E-state index contributed by atoms with van der Waals surface area (Å²) in [6.07, 6.45) is -0.522. The van der Waals surface area contributed by atoms with Gasteiger partial charge < -0.3 is 19.8 Å². The van der Waals surface area contributed by atoms with Crippen molar-refractivity contribution < 1.29 is 19.7 Å². The number of aromatic hydroxyl groups is 1. The summed E-state index contributed by atoms with van der Waals surface area (Å²) >= 11 is 3.23. The van der Waals surface area contributed by atoms with Crippen LogP contribution in [-0.2, 0) is 11.3 Å². The SMILES string of the molecule is CC(C)(C)OC(=O)N(CCO)Cc1cccc(Br)c1O. The molecule has 0 aliphatic heterocycles. The fourth-order valence-corrected chi connectivity index (χ4v) is 1.98. The predicted octanol–water partition coefficient (Wildman–Crippen LogP) is 2.88. The molecule has 0 heterocycles. The third-order valence-corrected chi connectivity index (χ3v) is 3.09. The van der Waals surface area contributed by atoms with E-state index in [0.29, 0.717) is 10.0 Å². The van der Waals surface area contributed by atoms with Crippen molar-refractivity contribution in [2.75, 3.05) is 13.2 Å². The fraction of sp³-hybridized carbons (Fsp3) is 0.500. The van der Waals surface area contributed by atoms with Gasteiger partial charge in [-0.2, -0.15) is 0 Å². The lowest BCUT2D eigenvalue weighted by Crippen LogP contribution is -2.38. The van der Waals surface area contributed by atoms with Crippen LogP contribution in [0.15, 0.2) is 22.7 Å². The van der Waals surface area contributed by atoms with Crippen molar-refractivity contribution in [1.29, 1.82) is 0 Å². The van der Waals surface area contributed by atoms with Gasteiger partial charge >= 0.3 is 6.09 Å². The van der Waals surface area contributed by atoms with E-state index in [2.05, 4.69) is 15.9 Å². The van der Waals surface area contributed by atoms with Crippen molar-refractivity contribution in [1.82, 2.24) is 4.90 Å². The molecule has 0 aliphatic carbocycles. The molecule has 0 radical (unpaired) electrons. The van der Waals surface area contributed by atoms with Crippen LogP contribution in [0.5, 0.6) is 5.75 Å². The molecule has 1 rings (SSSR count). The van der Waals surface area contributed by atoms with E-state index in [9.17, 15) is 9.90 Å². The maximum Gasteiger partial charge on any atom is 0.410 e. The zero-order valence-electron chi connectivity index (χ0n) is 11.9. The molecule has 1 aromatic rings. The first-order valence-electron chi connectivity index (χ1n) is 6.29. The molecule has 0 aromatic heterocycles. The molecular weight excluding hydrogens is 326 g/mol. The molecule has 0 unspecified atom stereocenters.